The Hall–Kier alpha value is -0.220. The van der Waals surface area contributed by atoms with Gasteiger partial charge in [0.1, 0.15) is 0 Å². The fourth-order valence-corrected chi connectivity index (χ4v) is 5.46. The molecule has 0 bridgehead atoms. The summed E-state index contributed by atoms with van der Waals surface area (Å²) in [6, 6.07) is 0. The third kappa shape index (κ3) is 11.4. The van der Waals surface area contributed by atoms with Crippen molar-refractivity contribution < 1.29 is 14.5 Å². The van der Waals surface area contributed by atoms with E-state index in [2.05, 4.69) is 6.92 Å². The topological polar surface area (TPSA) is 57.5 Å². The minimum absolute atomic E-state index is 0.396. The number of aliphatic carboxylic acids is 1. The molecule has 4 heteroatoms. The molecule has 0 radical (unpaired) electrons. The lowest BCUT2D eigenvalue weighted by molar-refractivity contribution is -0.145. The van der Waals surface area contributed by atoms with Gasteiger partial charge in [-0.15, -0.1) is 10.3 Å². The molecule has 0 amide bonds. The van der Waals surface area contributed by atoms with Crippen molar-refractivity contribution >= 4 is 16.3 Å². The highest BCUT2D eigenvalue weighted by molar-refractivity contribution is 8.28. The van der Waals surface area contributed by atoms with Gasteiger partial charge >= 0.3 is 5.97 Å². The van der Waals surface area contributed by atoms with Gasteiger partial charge in [-0.3, -0.25) is 4.79 Å². The van der Waals surface area contributed by atoms with Gasteiger partial charge in [0.05, 0.1) is 5.41 Å². The molecule has 1 atom stereocenters. The zero-order chi connectivity index (χ0) is 17.1. The zero-order valence-corrected chi connectivity index (χ0v) is 16.0. The normalized spacial score (nSPS) is 16.2. The van der Waals surface area contributed by atoms with Crippen LogP contribution in [-0.2, 0) is 4.79 Å². The molecule has 0 aliphatic heterocycles. The van der Waals surface area contributed by atoms with Crippen LogP contribution in [0.1, 0.15) is 85.0 Å². The second-order valence-electron chi connectivity index (χ2n) is 7.44. The van der Waals surface area contributed by atoms with E-state index in [1.165, 1.54) is 51.4 Å². The van der Waals surface area contributed by atoms with Gasteiger partial charge in [-0.2, -0.15) is 0 Å². The maximum absolute atomic E-state index is 11.1. The van der Waals surface area contributed by atoms with Gasteiger partial charge in [-0.05, 0) is 32.3 Å². The molecule has 3 nitrogen and oxygen atoms in total. The van der Waals surface area contributed by atoms with Gasteiger partial charge in [0.25, 0.3) is 0 Å². The molecule has 0 fully saturated rings. The van der Waals surface area contributed by atoms with E-state index in [0.29, 0.717) is 5.75 Å². The zero-order valence-electron chi connectivity index (χ0n) is 15.2. The monoisotopic (exact) mass is 334 g/mol. The number of hydrogen-bond donors (Lipinski definition) is 2. The van der Waals surface area contributed by atoms with E-state index in [0.717, 1.165) is 18.6 Å². The molecule has 0 aliphatic rings. The van der Waals surface area contributed by atoms with Crippen molar-refractivity contribution in [3.8, 4) is 0 Å². The first-order valence-corrected chi connectivity index (χ1v) is 11.2. The highest BCUT2D eigenvalue weighted by Crippen LogP contribution is 2.45. The minimum atomic E-state index is -1.77. The molecule has 0 aliphatic carbocycles. The Bertz CT molecular complexity index is 301. The average Bonchev–Trinajstić information content (AvgIpc) is 2.39. The summed E-state index contributed by atoms with van der Waals surface area (Å²) in [5.74, 6) is 0.357. The molecular weight excluding hydrogens is 296 g/mol. The first kappa shape index (κ1) is 21.8. The quantitative estimate of drug-likeness (QED) is 0.387. The van der Waals surface area contributed by atoms with Crippen LogP contribution >= 0.6 is 10.3 Å². The number of hydrogen-bond acceptors (Lipinski definition) is 2. The second-order valence-corrected chi connectivity index (χ2v) is 10.6. The third-order valence-electron chi connectivity index (χ3n) is 4.19. The van der Waals surface area contributed by atoms with Crippen molar-refractivity contribution in [2.75, 3.05) is 17.8 Å². The van der Waals surface area contributed by atoms with Crippen molar-refractivity contribution in [3.05, 3.63) is 0 Å². The minimum Gasteiger partial charge on any atom is -0.481 e. The summed E-state index contributed by atoms with van der Waals surface area (Å²) in [5, 5.41) is 9.15. The maximum Gasteiger partial charge on any atom is 0.309 e. The van der Waals surface area contributed by atoms with Crippen molar-refractivity contribution in [1.29, 1.82) is 0 Å². The predicted molar refractivity (Wildman–Crippen MR) is 99.1 cm³/mol. The van der Waals surface area contributed by atoms with Crippen molar-refractivity contribution in [1.82, 2.24) is 0 Å². The smallest absolute Gasteiger partial charge is 0.309 e. The molecule has 0 aromatic carbocycles. The third-order valence-corrected chi connectivity index (χ3v) is 6.70. The van der Waals surface area contributed by atoms with Crippen molar-refractivity contribution in [3.63, 3.8) is 0 Å². The fourth-order valence-electron chi connectivity index (χ4n) is 2.81. The number of unbranched alkanes of at least 4 members (excludes halogenated alkanes) is 9. The lowest BCUT2D eigenvalue weighted by atomic mass is 9.97. The van der Waals surface area contributed by atoms with Crippen LogP contribution in [0, 0.1) is 5.41 Å². The van der Waals surface area contributed by atoms with E-state index >= 15 is 0 Å². The number of carbonyl (C=O) groups is 1. The second kappa shape index (κ2) is 11.3. The summed E-state index contributed by atoms with van der Waals surface area (Å²) in [6.45, 7) is 5.65. The van der Waals surface area contributed by atoms with Crippen molar-refractivity contribution in [2.45, 2.75) is 85.0 Å². The van der Waals surface area contributed by atoms with Gasteiger partial charge < -0.3 is 9.66 Å². The van der Waals surface area contributed by atoms with Gasteiger partial charge in [0, 0.05) is 5.75 Å². The van der Waals surface area contributed by atoms with Gasteiger partial charge in [-0.1, -0.05) is 64.7 Å². The van der Waals surface area contributed by atoms with E-state index in [-0.39, 0.29) is 0 Å². The highest BCUT2D eigenvalue weighted by Gasteiger charge is 2.33. The summed E-state index contributed by atoms with van der Waals surface area (Å²) >= 11 is 0. The number of carboxylic acid groups (broad SMARTS) is 1. The van der Waals surface area contributed by atoms with Crippen LogP contribution in [0.2, 0.25) is 0 Å². The summed E-state index contributed by atoms with van der Waals surface area (Å²) in [7, 11) is -1.77. The summed E-state index contributed by atoms with van der Waals surface area (Å²) in [4.78, 5) is 11.1. The molecule has 134 valence electrons. The molecular formula is C18H38O3S. The van der Waals surface area contributed by atoms with Crippen LogP contribution in [-0.4, -0.2) is 33.4 Å². The summed E-state index contributed by atoms with van der Waals surface area (Å²) < 4.78 is 10.4. The molecule has 1 unspecified atom stereocenters. The Kier molecular flexibility index (Phi) is 11.2. The Morgan fingerprint density at radius 3 is 1.73 bits per heavy atom. The molecule has 0 aromatic heterocycles. The molecule has 0 saturated carbocycles. The first-order chi connectivity index (χ1) is 10.2. The van der Waals surface area contributed by atoms with E-state index in [4.69, 9.17) is 5.11 Å². The van der Waals surface area contributed by atoms with E-state index in [1.54, 1.807) is 13.8 Å². The first-order valence-electron chi connectivity index (χ1n) is 8.91. The molecule has 0 heterocycles. The van der Waals surface area contributed by atoms with Crippen LogP contribution in [0.5, 0.6) is 0 Å². The van der Waals surface area contributed by atoms with Gasteiger partial charge in [0.15, 0.2) is 0 Å². The van der Waals surface area contributed by atoms with Crippen LogP contribution in [0.15, 0.2) is 0 Å². The van der Waals surface area contributed by atoms with Crippen LogP contribution in [0.3, 0.4) is 0 Å². The fraction of sp³-hybridized carbons (Fsp3) is 0.944. The lowest BCUT2D eigenvalue weighted by Crippen LogP contribution is -2.31. The highest BCUT2D eigenvalue weighted by atomic mass is 32.3. The van der Waals surface area contributed by atoms with Crippen LogP contribution in [0.25, 0.3) is 0 Å². The molecule has 0 spiro atoms. The van der Waals surface area contributed by atoms with E-state index in [1.807, 2.05) is 6.26 Å². The standard InChI is InChI=1S/C18H38O3S/c1-5-6-7-8-9-10-11-12-13-14-15-22(4,21)16-18(2,3)17(19)20/h21H,5-16H2,1-4H3,(H,19,20). The Balaban J connectivity index is 3.63. The Morgan fingerprint density at radius 1 is 0.909 bits per heavy atom. The van der Waals surface area contributed by atoms with E-state index in [9.17, 15) is 9.35 Å². The van der Waals surface area contributed by atoms with Gasteiger partial charge in [-0.25, -0.2) is 0 Å². The molecule has 0 rings (SSSR count). The van der Waals surface area contributed by atoms with Crippen LogP contribution < -0.4 is 0 Å². The summed E-state index contributed by atoms with van der Waals surface area (Å²) in [6.07, 6.45) is 14.7. The summed E-state index contributed by atoms with van der Waals surface area (Å²) in [5.41, 5.74) is -0.822. The average molecular weight is 335 g/mol. The Labute approximate surface area is 139 Å². The molecule has 2 N–H and O–H groups in total. The molecule has 0 aromatic rings. The van der Waals surface area contributed by atoms with Crippen LogP contribution in [0.4, 0.5) is 0 Å². The SMILES string of the molecule is CCCCCCCCCCCCS(C)(O)CC(C)(C)C(=O)O. The molecule has 22 heavy (non-hydrogen) atoms. The molecule has 0 saturated heterocycles. The lowest BCUT2D eigenvalue weighted by Gasteiger charge is -2.35. The van der Waals surface area contributed by atoms with Crippen molar-refractivity contribution in [2.24, 2.45) is 5.41 Å². The largest absolute Gasteiger partial charge is 0.481 e. The van der Waals surface area contributed by atoms with Gasteiger partial charge in [0.2, 0.25) is 0 Å². The maximum atomic E-state index is 11.1. The Morgan fingerprint density at radius 2 is 1.32 bits per heavy atom. The number of carboxylic acids is 1. The predicted octanol–water partition coefficient (Wildman–Crippen LogP) is 5.93. The number of rotatable bonds is 14. The van der Waals surface area contributed by atoms with E-state index < -0.39 is 21.7 Å².